The van der Waals surface area contributed by atoms with Gasteiger partial charge in [-0.15, -0.1) is 22.7 Å². The quantitative estimate of drug-likeness (QED) is 0.867. The number of carbonyl (C=O) groups is 1. The fourth-order valence-electron chi connectivity index (χ4n) is 1.56. The summed E-state index contributed by atoms with van der Waals surface area (Å²) in [6.45, 7) is 5.50. The molecule has 2 aromatic rings. The second kappa shape index (κ2) is 5.74. The summed E-state index contributed by atoms with van der Waals surface area (Å²) in [7, 11) is -3.81. The average Bonchev–Trinajstić information content (AvgIpc) is 2.95. The van der Waals surface area contributed by atoms with Crippen LogP contribution in [0.1, 0.15) is 40.7 Å². The van der Waals surface area contributed by atoms with Crippen LogP contribution >= 0.6 is 22.7 Å². The van der Waals surface area contributed by atoms with E-state index in [4.69, 9.17) is 5.11 Å². The summed E-state index contributed by atoms with van der Waals surface area (Å²) in [5, 5.41) is 11.1. The Bertz CT molecular complexity index is 774. The van der Waals surface area contributed by atoms with Gasteiger partial charge in [-0.1, -0.05) is 13.8 Å². The Labute approximate surface area is 130 Å². The van der Waals surface area contributed by atoms with E-state index < -0.39 is 16.0 Å². The Balaban J connectivity index is 2.29. The average molecular weight is 346 g/mol. The van der Waals surface area contributed by atoms with E-state index in [2.05, 4.69) is 9.71 Å². The first-order valence-electron chi connectivity index (χ1n) is 6.02. The molecule has 0 radical (unpaired) electrons. The van der Waals surface area contributed by atoms with Crippen molar-refractivity contribution < 1.29 is 18.3 Å². The number of carboxylic acids is 1. The summed E-state index contributed by atoms with van der Waals surface area (Å²) in [5.41, 5.74) is 1.24. The number of hydrogen-bond acceptors (Lipinski definition) is 6. The highest BCUT2D eigenvalue weighted by molar-refractivity contribution is 7.94. The first-order chi connectivity index (χ1) is 9.70. The maximum absolute atomic E-state index is 12.2. The summed E-state index contributed by atoms with van der Waals surface area (Å²) in [5.74, 6) is -0.919. The highest BCUT2D eigenvalue weighted by Crippen LogP contribution is 2.29. The molecule has 2 aromatic heterocycles. The second-order valence-electron chi connectivity index (χ2n) is 4.72. The zero-order valence-corrected chi connectivity index (χ0v) is 14.0. The Kier molecular flexibility index (Phi) is 4.35. The normalized spacial score (nSPS) is 11.8. The molecule has 0 aliphatic rings. The number of nitrogens with one attached hydrogen (secondary N) is 1. The molecule has 0 aromatic carbocycles. The Morgan fingerprint density at radius 3 is 2.57 bits per heavy atom. The van der Waals surface area contributed by atoms with Gasteiger partial charge in [-0.25, -0.2) is 18.2 Å². The van der Waals surface area contributed by atoms with Crippen molar-refractivity contribution in [3.8, 4) is 0 Å². The largest absolute Gasteiger partial charge is 0.477 e. The van der Waals surface area contributed by atoms with Gasteiger partial charge in [0.2, 0.25) is 0 Å². The number of aryl methyl sites for hydroxylation is 1. The molecular formula is C12H14N2O4S3. The summed E-state index contributed by atoms with van der Waals surface area (Å²) in [6, 6.07) is 1.35. The molecule has 0 bridgehead atoms. The lowest BCUT2D eigenvalue weighted by Crippen LogP contribution is -2.11. The van der Waals surface area contributed by atoms with Crippen molar-refractivity contribution >= 4 is 43.8 Å². The minimum atomic E-state index is -3.81. The third-order valence-corrected chi connectivity index (χ3v) is 6.63. The molecule has 21 heavy (non-hydrogen) atoms. The summed E-state index contributed by atoms with van der Waals surface area (Å²) < 4.78 is 26.8. The molecule has 0 fully saturated rings. The van der Waals surface area contributed by atoms with Gasteiger partial charge in [-0.2, -0.15) is 0 Å². The van der Waals surface area contributed by atoms with E-state index in [0.717, 1.165) is 17.0 Å². The minimum Gasteiger partial charge on any atom is -0.477 e. The lowest BCUT2D eigenvalue weighted by molar-refractivity contribution is 0.0701. The second-order valence-corrected chi connectivity index (χ2v) is 8.54. The smallest absolute Gasteiger partial charge is 0.346 e. The molecule has 2 heterocycles. The number of rotatable bonds is 5. The number of carboxylic acid groups (broad SMARTS) is 1. The molecule has 0 unspecified atom stereocenters. The summed E-state index contributed by atoms with van der Waals surface area (Å²) >= 11 is 1.94. The summed E-state index contributed by atoms with van der Waals surface area (Å²) in [4.78, 5) is 15.2. The molecule has 2 N–H and O–H groups in total. The van der Waals surface area contributed by atoms with Gasteiger partial charge in [0.1, 0.15) is 9.09 Å². The number of hydrogen-bond donors (Lipinski definition) is 2. The van der Waals surface area contributed by atoms with Crippen molar-refractivity contribution in [3.05, 3.63) is 27.6 Å². The number of anilines is 1. The van der Waals surface area contributed by atoms with Gasteiger partial charge < -0.3 is 5.11 Å². The van der Waals surface area contributed by atoms with Crippen LogP contribution in [0.25, 0.3) is 0 Å². The van der Waals surface area contributed by atoms with Gasteiger partial charge in [0.25, 0.3) is 10.0 Å². The molecule has 2 rings (SSSR count). The van der Waals surface area contributed by atoms with Crippen LogP contribution in [0.2, 0.25) is 0 Å². The van der Waals surface area contributed by atoms with Crippen molar-refractivity contribution in [2.24, 2.45) is 0 Å². The van der Waals surface area contributed by atoms with Crippen LogP contribution in [-0.4, -0.2) is 24.5 Å². The van der Waals surface area contributed by atoms with Gasteiger partial charge in [-0.05, 0) is 24.5 Å². The van der Waals surface area contributed by atoms with Gasteiger partial charge in [0, 0.05) is 5.38 Å². The van der Waals surface area contributed by atoms with E-state index in [-0.39, 0.29) is 20.1 Å². The Morgan fingerprint density at radius 2 is 2.10 bits per heavy atom. The Morgan fingerprint density at radius 1 is 1.43 bits per heavy atom. The predicted octanol–water partition coefficient (Wildman–Crippen LogP) is 3.14. The molecule has 0 spiro atoms. The molecule has 0 aliphatic carbocycles. The molecule has 0 saturated heterocycles. The lowest BCUT2D eigenvalue weighted by atomic mass is 10.2. The minimum absolute atomic E-state index is 0.0254. The molecule has 0 atom stereocenters. The number of aromatic nitrogens is 1. The first kappa shape index (κ1) is 15.9. The molecule has 0 saturated carbocycles. The van der Waals surface area contributed by atoms with Crippen molar-refractivity contribution in [2.45, 2.75) is 30.9 Å². The molecule has 0 amide bonds. The maximum atomic E-state index is 12.2. The van der Waals surface area contributed by atoms with Gasteiger partial charge in [0.15, 0.2) is 5.13 Å². The van der Waals surface area contributed by atoms with E-state index in [9.17, 15) is 13.2 Å². The maximum Gasteiger partial charge on any atom is 0.346 e. The van der Waals surface area contributed by atoms with Crippen LogP contribution in [0.5, 0.6) is 0 Å². The zero-order valence-electron chi connectivity index (χ0n) is 11.6. The van der Waals surface area contributed by atoms with Crippen LogP contribution in [0.4, 0.5) is 5.13 Å². The van der Waals surface area contributed by atoms with Gasteiger partial charge in [0.05, 0.1) is 5.69 Å². The van der Waals surface area contributed by atoms with Crippen LogP contribution in [0, 0.1) is 6.92 Å². The molecule has 6 nitrogen and oxygen atoms in total. The Hall–Kier alpha value is -1.45. The third-order valence-electron chi connectivity index (χ3n) is 2.69. The summed E-state index contributed by atoms with van der Waals surface area (Å²) in [6.07, 6.45) is 0. The van der Waals surface area contributed by atoms with E-state index in [1.54, 1.807) is 12.3 Å². The number of thiazole rings is 1. The van der Waals surface area contributed by atoms with Crippen LogP contribution in [0.15, 0.2) is 15.7 Å². The number of thiophene rings is 1. The monoisotopic (exact) mass is 346 g/mol. The first-order valence-corrected chi connectivity index (χ1v) is 9.20. The van der Waals surface area contributed by atoms with Gasteiger partial charge >= 0.3 is 5.97 Å². The number of aromatic carboxylic acids is 1. The third kappa shape index (κ3) is 3.42. The molecule has 0 aliphatic heterocycles. The van der Waals surface area contributed by atoms with Crippen LogP contribution in [0.3, 0.4) is 0 Å². The molecule has 114 valence electrons. The van der Waals surface area contributed by atoms with Crippen molar-refractivity contribution in [3.63, 3.8) is 0 Å². The van der Waals surface area contributed by atoms with Crippen LogP contribution in [-0.2, 0) is 10.0 Å². The zero-order chi connectivity index (χ0) is 15.8. The van der Waals surface area contributed by atoms with Crippen molar-refractivity contribution in [1.29, 1.82) is 0 Å². The number of nitrogens with zero attached hydrogens (tertiary/aromatic N) is 1. The van der Waals surface area contributed by atoms with Crippen molar-refractivity contribution in [2.75, 3.05) is 4.72 Å². The topological polar surface area (TPSA) is 96.4 Å². The fraction of sp³-hybridized carbons (Fsp3) is 0.333. The predicted molar refractivity (Wildman–Crippen MR) is 83.0 cm³/mol. The van der Waals surface area contributed by atoms with Gasteiger partial charge in [-0.3, -0.25) is 4.72 Å². The van der Waals surface area contributed by atoms with E-state index in [1.807, 2.05) is 13.8 Å². The fourth-order valence-corrected chi connectivity index (χ4v) is 5.06. The number of sulfonamides is 1. The highest BCUT2D eigenvalue weighted by atomic mass is 32.2. The molecular weight excluding hydrogens is 332 g/mol. The highest BCUT2D eigenvalue weighted by Gasteiger charge is 2.23. The SMILES string of the molecule is Cc1cc(S(=O)(=O)Nc2nc(C(C)C)cs2)sc1C(=O)O. The van der Waals surface area contributed by atoms with E-state index in [0.29, 0.717) is 5.56 Å². The van der Waals surface area contributed by atoms with E-state index in [1.165, 1.54) is 17.4 Å². The lowest BCUT2D eigenvalue weighted by Gasteiger charge is -2.02. The standard InChI is InChI=1S/C12H14N2O4S3/c1-6(2)8-5-19-12(13-8)14-21(17,18)9-4-7(3)10(20-9)11(15)16/h4-6H,1-3H3,(H,13,14)(H,15,16). The van der Waals surface area contributed by atoms with Crippen molar-refractivity contribution in [1.82, 2.24) is 4.98 Å². The van der Waals surface area contributed by atoms with Crippen LogP contribution < -0.4 is 4.72 Å². The van der Waals surface area contributed by atoms with E-state index >= 15 is 0 Å². The molecule has 9 heteroatoms.